The molecule has 118 valence electrons. The number of ether oxygens (including phenoxy) is 2. The standard InChI is InChI=1S/C18H19N3O2/c1-13-10-18(21-8-2-3-9-21)20-17(19-13)7-5-14-4-6-15-16(11-14)23-12-22-15/h4-7,10-11H,2-3,8-9,12H2,1H3. The minimum atomic E-state index is 0.294. The average molecular weight is 309 g/mol. The lowest BCUT2D eigenvalue weighted by atomic mass is 10.2. The average Bonchev–Trinajstić information content (AvgIpc) is 3.23. The third-order valence-electron chi connectivity index (χ3n) is 4.11. The topological polar surface area (TPSA) is 47.5 Å². The maximum atomic E-state index is 5.40. The van der Waals surface area contributed by atoms with Gasteiger partial charge in [-0.05, 0) is 43.5 Å². The van der Waals surface area contributed by atoms with E-state index in [-0.39, 0.29) is 0 Å². The van der Waals surface area contributed by atoms with Gasteiger partial charge in [0.05, 0.1) is 0 Å². The van der Waals surface area contributed by atoms with Crippen molar-refractivity contribution in [2.75, 3.05) is 24.8 Å². The Bertz CT molecular complexity index is 752. The van der Waals surface area contributed by atoms with Gasteiger partial charge in [-0.25, -0.2) is 9.97 Å². The summed E-state index contributed by atoms with van der Waals surface area (Å²) in [7, 11) is 0. The highest BCUT2D eigenvalue weighted by molar-refractivity contribution is 5.69. The summed E-state index contributed by atoms with van der Waals surface area (Å²) < 4.78 is 10.7. The first-order valence-corrected chi connectivity index (χ1v) is 7.96. The molecular formula is C18H19N3O2. The van der Waals surface area contributed by atoms with Crippen molar-refractivity contribution in [3.8, 4) is 11.5 Å². The molecule has 1 fully saturated rings. The van der Waals surface area contributed by atoms with Crippen molar-refractivity contribution in [2.24, 2.45) is 0 Å². The fraction of sp³-hybridized carbons (Fsp3) is 0.333. The molecule has 0 radical (unpaired) electrons. The molecule has 1 aromatic carbocycles. The monoisotopic (exact) mass is 309 g/mol. The first-order chi connectivity index (χ1) is 11.3. The van der Waals surface area contributed by atoms with E-state index in [1.165, 1.54) is 12.8 Å². The molecule has 0 unspecified atom stereocenters. The summed E-state index contributed by atoms with van der Waals surface area (Å²) in [5.41, 5.74) is 2.04. The van der Waals surface area contributed by atoms with Gasteiger partial charge in [-0.15, -0.1) is 0 Å². The van der Waals surface area contributed by atoms with Crippen molar-refractivity contribution in [3.63, 3.8) is 0 Å². The zero-order chi connectivity index (χ0) is 15.6. The van der Waals surface area contributed by atoms with Gasteiger partial charge in [0, 0.05) is 24.8 Å². The molecule has 2 aromatic rings. The summed E-state index contributed by atoms with van der Waals surface area (Å²) in [4.78, 5) is 11.5. The molecule has 5 heteroatoms. The fourth-order valence-electron chi connectivity index (χ4n) is 2.94. The van der Waals surface area contributed by atoms with Crippen molar-refractivity contribution < 1.29 is 9.47 Å². The Morgan fingerprint density at radius 1 is 1.00 bits per heavy atom. The molecule has 5 nitrogen and oxygen atoms in total. The zero-order valence-corrected chi connectivity index (χ0v) is 13.2. The maximum Gasteiger partial charge on any atom is 0.231 e. The fourth-order valence-corrected chi connectivity index (χ4v) is 2.94. The van der Waals surface area contributed by atoms with Gasteiger partial charge in [0.1, 0.15) is 5.82 Å². The highest BCUT2D eigenvalue weighted by atomic mass is 16.7. The van der Waals surface area contributed by atoms with E-state index in [0.717, 1.165) is 47.5 Å². The molecule has 0 amide bonds. The molecule has 3 heterocycles. The van der Waals surface area contributed by atoms with E-state index in [2.05, 4.69) is 20.9 Å². The highest BCUT2D eigenvalue weighted by Crippen LogP contribution is 2.33. The van der Waals surface area contributed by atoms with Gasteiger partial charge < -0.3 is 14.4 Å². The van der Waals surface area contributed by atoms with Crippen LogP contribution in [0.3, 0.4) is 0 Å². The van der Waals surface area contributed by atoms with E-state index in [9.17, 15) is 0 Å². The van der Waals surface area contributed by atoms with Crippen molar-refractivity contribution in [1.29, 1.82) is 0 Å². The minimum absolute atomic E-state index is 0.294. The van der Waals surface area contributed by atoms with E-state index >= 15 is 0 Å². The van der Waals surface area contributed by atoms with Gasteiger partial charge in [0.25, 0.3) is 0 Å². The van der Waals surface area contributed by atoms with Crippen LogP contribution in [-0.4, -0.2) is 29.9 Å². The predicted octanol–water partition coefficient (Wildman–Crippen LogP) is 3.28. The van der Waals surface area contributed by atoms with Crippen molar-refractivity contribution in [3.05, 3.63) is 41.3 Å². The van der Waals surface area contributed by atoms with E-state index in [1.54, 1.807) is 0 Å². The van der Waals surface area contributed by atoms with Gasteiger partial charge in [-0.2, -0.15) is 0 Å². The molecule has 23 heavy (non-hydrogen) atoms. The van der Waals surface area contributed by atoms with Gasteiger partial charge in [-0.1, -0.05) is 12.1 Å². The number of hydrogen-bond donors (Lipinski definition) is 0. The summed E-state index contributed by atoms with van der Waals surface area (Å²) in [6, 6.07) is 7.95. The molecule has 0 atom stereocenters. The van der Waals surface area contributed by atoms with Crippen LogP contribution in [-0.2, 0) is 0 Å². The second-order valence-electron chi connectivity index (χ2n) is 5.87. The largest absolute Gasteiger partial charge is 0.454 e. The Kier molecular flexibility index (Phi) is 3.61. The van der Waals surface area contributed by atoms with Gasteiger partial charge in [-0.3, -0.25) is 0 Å². The molecule has 1 saturated heterocycles. The summed E-state index contributed by atoms with van der Waals surface area (Å²) in [5.74, 6) is 3.35. The Morgan fingerprint density at radius 2 is 1.83 bits per heavy atom. The molecule has 2 aliphatic heterocycles. The lowest BCUT2D eigenvalue weighted by Gasteiger charge is -2.16. The summed E-state index contributed by atoms with van der Waals surface area (Å²) >= 11 is 0. The van der Waals surface area contributed by atoms with Crippen molar-refractivity contribution in [2.45, 2.75) is 19.8 Å². The van der Waals surface area contributed by atoms with Crippen LogP contribution in [0.4, 0.5) is 5.82 Å². The van der Waals surface area contributed by atoms with Crippen molar-refractivity contribution in [1.82, 2.24) is 9.97 Å². The number of aryl methyl sites for hydroxylation is 1. The Morgan fingerprint density at radius 3 is 2.70 bits per heavy atom. The molecule has 0 N–H and O–H groups in total. The number of fused-ring (bicyclic) bond motifs is 1. The third kappa shape index (κ3) is 2.99. The second kappa shape index (κ2) is 5.91. The maximum absolute atomic E-state index is 5.40. The van der Waals surface area contributed by atoms with Crippen LogP contribution < -0.4 is 14.4 Å². The summed E-state index contributed by atoms with van der Waals surface area (Å²) in [6.45, 7) is 4.48. The molecule has 4 rings (SSSR count). The Balaban J connectivity index is 1.58. The SMILES string of the molecule is Cc1cc(N2CCCC2)nc(C=Cc2ccc3c(c2)OCO3)n1. The van der Waals surface area contributed by atoms with E-state index in [1.807, 2.05) is 37.3 Å². The molecule has 0 bridgehead atoms. The number of aromatic nitrogens is 2. The zero-order valence-electron chi connectivity index (χ0n) is 13.2. The summed E-state index contributed by atoms with van der Waals surface area (Å²) in [5, 5.41) is 0. The third-order valence-corrected chi connectivity index (χ3v) is 4.11. The number of benzene rings is 1. The molecule has 0 aliphatic carbocycles. The molecule has 1 aromatic heterocycles. The van der Waals surface area contributed by atoms with Crippen LogP contribution in [0.2, 0.25) is 0 Å². The molecular weight excluding hydrogens is 290 g/mol. The highest BCUT2D eigenvalue weighted by Gasteiger charge is 2.15. The van der Waals surface area contributed by atoms with Gasteiger partial charge in [0.2, 0.25) is 6.79 Å². The van der Waals surface area contributed by atoms with Gasteiger partial charge >= 0.3 is 0 Å². The van der Waals surface area contributed by atoms with E-state index < -0.39 is 0 Å². The molecule has 2 aliphatic rings. The van der Waals surface area contributed by atoms with Crippen LogP contribution in [0.25, 0.3) is 12.2 Å². The number of anilines is 1. The quantitative estimate of drug-likeness (QED) is 0.870. The molecule has 0 saturated carbocycles. The van der Waals surface area contributed by atoms with Crippen molar-refractivity contribution >= 4 is 18.0 Å². The first-order valence-electron chi connectivity index (χ1n) is 7.96. The van der Waals surface area contributed by atoms with E-state index in [0.29, 0.717) is 6.79 Å². The number of hydrogen-bond acceptors (Lipinski definition) is 5. The van der Waals surface area contributed by atoms with Gasteiger partial charge in [0.15, 0.2) is 17.3 Å². The van der Waals surface area contributed by atoms with Crippen LogP contribution in [0.1, 0.15) is 29.9 Å². The van der Waals surface area contributed by atoms with Crippen LogP contribution in [0.15, 0.2) is 24.3 Å². The van der Waals surface area contributed by atoms with E-state index in [4.69, 9.17) is 9.47 Å². The summed E-state index contributed by atoms with van der Waals surface area (Å²) in [6.07, 6.45) is 6.44. The Labute approximate surface area is 135 Å². The second-order valence-corrected chi connectivity index (χ2v) is 5.87. The predicted molar refractivity (Wildman–Crippen MR) is 89.7 cm³/mol. The first kappa shape index (κ1) is 14.1. The lowest BCUT2D eigenvalue weighted by molar-refractivity contribution is 0.174. The Hall–Kier alpha value is -2.56. The van der Waals surface area contributed by atoms with Crippen LogP contribution >= 0.6 is 0 Å². The lowest BCUT2D eigenvalue weighted by Crippen LogP contribution is -2.19. The normalized spacial score (nSPS) is 16.5. The molecule has 0 spiro atoms. The number of rotatable bonds is 3. The minimum Gasteiger partial charge on any atom is -0.454 e. The van der Waals surface area contributed by atoms with Crippen LogP contribution in [0, 0.1) is 6.92 Å². The van der Waals surface area contributed by atoms with Crippen LogP contribution in [0.5, 0.6) is 11.5 Å². The smallest absolute Gasteiger partial charge is 0.231 e. The number of nitrogens with zero attached hydrogens (tertiary/aromatic N) is 3.